The van der Waals surface area contributed by atoms with Gasteiger partial charge in [0.05, 0.1) is 16.7 Å². The predicted molar refractivity (Wildman–Crippen MR) is 99.0 cm³/mol. The lowest BCUT2D eigenvalue weighted by Crippen LogP contribution is -2.12. The number of aromatic nitrogens is 2. The largest absolute Gasteiger partial charge is 0.507 e. The summed E-state index contributed by atoms with van der Waals surface area (Å²) in [5.74, 6) is -0.310. The maximum Gasteiger partial charge on any atom is 0.435 e. The molecule has 1 heterocycles. The molecule has 0 bridgehead atoms. The average molecular weight is 366 g/mol. The Labute approximate surface area is 152 Å². The Bertz CT molecular complexity index is 1170. The summed E-state index contributed by atoms with van der Waals surface area (Å²) in [6.07, 6.45) is -3.70. The molecule has 4 aromatic rings. The number of alkyl halides is 3. The van der Waals surface area contributed by atoms with Crippen LogP contribution >= 0.6 is 0 Å². The average Bonchev–Trinajstić information content (AvgIpc) is 2.65. The molecule has 0 saturated heterocycles. The van der Waals surface area contributed by atoms with Crippen LogP contribution in [0.4, 0.5) is 13.2 Å². The number of rotatable bonds is 2. The van der Waals surface area contributed by atoms with Crippen LogP contribution < -0.4 is 0 Å². The third-order valence-corrected chi connectivity index (χ3v) is 4.17. The minimum absolute atomic E-state index is 0.150. The molecule has 3 nitrogen and oxygen atoms in total. The summed E-state index contributed by atoms with van der Waals surface area (Å²) in [6, 6.07) is 18.9. The van der Waals surface area contributed by atoms with Gasteiger partial charge in [0.15, 0.2) is 5.69 Å². The molecule has 1 aromatic heterocycles. The molecule has 0 aliphatic heterocycles. The van der Waals surface area contributed by atoms with Gasteiger partial charge >= 0.3 is 6.18 Å². The van der Waals surface area contributed by atoms with E-state index in [1.165, 1.54) is 0 Å². The van der Waals surface area contributed by atoms with Crippen LogP contribution in [0.2, 0.25) is 0 Å². The van der Waals surface area contributed by atoms with Crippen molar-refractivity contribution in [1.29, 1.82) is 0 Å². The summed E-state index contributed by atoms with van der Waals surface area (Å²) < 4.78 is 40.6. The van der Waals surface area contributed by atoms with E-state index in [0.717, 1.165) is 16.8 Å². The van der Waals surface area contributed by atoms with E-state index in [9.17, 15) is 18.3 Å². The lowest BCUT2D eigenvalue weighted by Gasteiger charge is -2.11. The zero-order valence-electron chi connectivity index (χ0n) is 13.9. The Hall–Kier alpha value is -3.41. The number of fused-ring (bicyclic) bond motifs is 2. The Kier molecular flexibility index (Phi) is 4.03. The fourth-order valence-corrected chi connectivity index (χ4v) is 2.89. The zero-order chi connectivity index (χ0) is 19.0. The summed E-state index contributed by atoms with van der Waals surface area (Å²) in [7, 11) is 0. The first-order valence-corrected chi connectivity index (χ1v) is 8.16. The number of aliphatic hydroxyl groups excluding tert-OH is 1. The van der Waals surface area contributed by atoms with E-state index in [2.05, 4.69) is 9.97 Å². The zero-order valence-corrected chi connectivity index (χ0v) is 13.9. The third kappa shape index (κ3) is 3.33. The molecule has 0 radical (unpaired) electrons. The number of benzene rings is 3. The number of halogens is 3. The van der Waals surface area contributed by atoms with Crippen LogP contribution in [-0.4, -0.2) is 15.1 Å². The van der Waals surface area contributed by atoms with Gasteiger partial charge in [0.1, 0.15) is 5.76 Å². The van der Waals surface area contributed by atoms with Crippen molar-refractivity contribution in [3.05, 3.63) is 83.7 Å². The van der Waals surface area contributed by atoms with Gasteiger partial charge < -0.3 is 5.11 Å². The molecule has 0 aliphatic rings. The van der Waals surface area contributed by atoms with Gasteiger partial charge in [0.25, 0.3) is 0 Å². The molecule has 1 N–H and O–H groups in total. The summed E-state index contributed by atoms with van der Waals surface area (Å²) >= 11 is 0. The predicted octanol–water partition coefficient (Wildman–Crippen LogP) is 5.86. The van der Waals surface area contributed by atoms with Crippen molar-refractivity contribution < 1.29 is 18.3 Å². The molecule has 27 heavy (non-hydrogen) atoms. The molecule has 0 spiro atoms. The first kappa shape index (κ1) is 17.0. The molecule has 134 valence electrons. The topological polar surface area (TPSA) is 46.0 Å². The molecular weight excluding hydrogens is 353 g/mol. The van der Waals surface area contributed by atoms with Gasteiger partial charge in [-0.3, -0.25) is 0 Å². The second kappa shape index (κ2) is 6.39. The molecule has 0 saturated carbocycles. The van der Waals surface area contributed by atoms with E-state index in [1.54, 1.807) is 54.6 Å². The quantitative estimate of drug-likeness (QED) is 0.357. The van der Waals surface area contributed by atoms with E-state index in [0.29, 0.717) is 11.1 Å². The van der Waals surface area contributed by atoms with Gasteiger partial charge in [-0.1, -0.05) is 54.6 Å². The molecular formula is C21H13F3N2O. The standard InChI is InChI=1S/C21H13F3N2O/c22-21(23,24)20-18(12-19(27)13-6-2-1-3-7-13)25-16-10-14-8-4-5-9-15(14)11-17(16)26-20/h1-12,27H/b19-12-. The van der Waals surface area contributed by atoms with Crippen molar-refractivity contribution >= 4 is 33.6 Å². The second-order valence-electron chi connectivity index (χ2n) is 6.04. The monoisotopic (exact) mass is 366 g/mol. The van der Waals surface area contributed by atoms with Crippen molar-refractivity contribution in [2.45, 2.75) is 6.18 Å². The van der Waals surface area contributed by atoms with Crippen LogP contribution in [0.25, 0.3) is 33.6 Å². The highest BCUT2D eigenvalue weighted by Gasteiger charge is 2.36. The first-order chi connectivity index (χ1) is 12.9. The van der Waals surface area contributed by atoms with Crippen LogP contribution in [0.15, 0.2) is 66.7 Å². The number of aliphatic hydroxyl groups is 1. The number of nitrogens with zero attached hydrogens (tertiary/aromatic N) is 2. The highest BCUT2D eigenvalue weighted by molar-refractivity contribution is 5.95. The molecule has 0 atom stereocenters. The Morgan fingerprint density at radius 1 is 0.815 bits per heavy atom. The summed E-state index contributed by atoms with van der Waals surface area (Å²) in [6.45, 7) is 0. The molecule has 0 unspecified atom stereocenters. The van der Waals surface area contributed by atoms with E-state index >= 15 is 0 Å². The molecule has 6 heteroatoms. The Morgan fingerprint density at radius 2 is 1.37 bits per heavy atom. The van der Waals surface area contributed by atoms with Crippen LogP contribution in [0.1, 0.15) is 17.0 Å². The molecule has 0 amide bonds. The van der Waals surface area contributed by atoms with Crippen LogP contribution in [0.5, 0.6) is 0 Å². The van der Waals surface area contributed by atoms with Gasteiger partial charge in [-0.15, -0.1) is 0 Å². The molecule has 4 rings (SSSR count). The fraction of sp³-hybridized carbons (Fsp3) is 0.0476. The number of hydrogen-bond donors (Lipinski definition) is 1. The van der Waals surface area contributed by atoms with Crippen molar-refractivity contribution in [2.24, 2.45) is 0 Å². The van der Waals surface area contributed by atoms with Crippen molar-refractivity contribution in [1.82, 2.24) is 9.97 Å². The van der Waals surface area contributed by atoms with Crippen LogP contribution in [0.3, 0.4) is 0 Å². The van der Waals surface area contributed by atoms with Crippen LogP contribution in [-0.2, 0) is 6.18 Å². The van der Waals surface area contributed by atoms with Crippen molar-refractivity contribution in [2.75, 3.05) is 0 Å². The second-order valence-corrected chi connectivity index (χ2v) is 6.04. The summed E-state index contributed by atoms with van der Waals surface area (Å²) in [5.41, 5.74) is -0.684. The fourth-order valence-electron chi connectivity index (χ4n) is 2.89. The summed E-state index contributed by atoms with van der Waals surface area (Å²) in [4.78, 5) is 7.94. The Morgan fingerprint density at radius 3 is 1.96 bits per heavy atom. The minimum atomic E-state index is -4.70. The number of hydrogen-bond acceptors (Lipinski definition) is 3. The normalized spacial score (nSPS) is 12.6. The third-order valence-electron chi connectivity index (χ3n) is 4.17. The maximum absolute atomic E-state index is 13.5. The van der Waals surface area contributed by atoms with Crippen LogP contribution in [0, 0.1) is 0 Å². The molecule has 3 aromatic carbocycles. The lowest BCUT2D eigenvalue weighted by molar-refractivity contribution is -0.141. The summed E-state index contributed by atoms with van der Waals surface area (Å²) in [5, 5.41) is 11.9. The van der Waals surface area contributed by atoms with Gasteiger partial charge in [0.2, 0.25) is 0 Å². The van der Waals surface area contributed by atoms with Gasteiger partial charge in [-0.05, 0) is 22.9 Å². The van der Waals surface area contributed by atoms with Gasteiger partial charge in [-0.2, -0.15) is 13.2 Å². The highest BCUT2D eigenvalue weighted by atomic mass is 19.4. The van der Waals surface area contributed by atoms with E-state index in [1.807, 2.05) is 12.1 Å². The minimum Gasteiger partial charge on any atom is -0.507 e. The van der Waals surface area contributed by atoms with Crippen molar-refractivity contribution in [3.63, 3.8) is 0 Å². The van der Waals surface area contributed by atoms with E-state index < -0.39 is 17.6 Å². The van der Waals surface area contributed by atoms with Gasteiger partial charge in [-0.25, -0.2) is 9.97 Å². The lowest BCUT2D eigenvalue weighted by atomic mass is 10.1. The molecule has 0 fully saturated rings. The van der Waals surface area contributed by atoms with Gasteiger partial charge in [0, 0.05) is 11.6 Å². The van der Waals surface area contributed by atoms with Crippen molar-refractivity contribution in [3.8, 4) is 0 Å². The maximum atomic E-state index is 13.5. The first-order valence-electron chi connectivity index (χ1n) is 8.16. The SMILES string of the molecule is O/C(=C\c1nc2cc3ccccc3cc2nc1C(F)(F)F)c1ccccc1. The molecule has 0 aliphatic carbocycles. The Balaban J connectivity index is 1.96. The smallest absolute Gasteiger partial charge is 0.435 e. The highest BCUT2D eigenvalue weighted by Crippen LogP contribution is 2.33. The van der Waals surface area contributed by atoms with E-state index in [-0.39, 0.29) is 11.3 Å². The van der Waals surface area contributed by atoms with E-state index in [4.69, 9.17) is 0 Å².